The van der Waals surface area contributed by atoms with Crippen molar-refractivity contribution in [1.82, 2.24) is 0 Å². The number of carboxylic acids is 1. The Morgan fingerprint density at radius 3 is 2.50 bits per heavy atom. The molecule has 1 N–H and O–H groups in total. The van der Waals surface area contributed by atoms with Gasteiger partial charge in [-0.15, -0.1) is 5.92 Å². The molecular formula is C17H20O3. The number of ether oxygens (including phenoxy) is 1. The lowest BCUT2D eigenvalue weighted by molar-refractivity contribution is -0.137. The zero-order valence-corrected chi connectivity index (χ0v) is 12.1. The van der Waals surface area contributed by atoms with Crippen LogP contribution in [0.3, 0.4) is 0 Å². The van der Waals surface area contributed by atoms with Crippen molar-refractivity contribution in [3.05, 3.63) is 41.5 Å². The van der Waals surface area contributed by atoms with E-state index in [1.54, 1.807) is 6.92 Å². The molecule has 20 heavy (non-hydrogen) atoms. The summed E-state index contributed by atoms with van der Waals surface area (Å²) < 4.78 is 5.56. The normalized spacial score (nSPS) is 10.9. The van der Waals surface area contributed by atoms with E-state index >= 15 is 0 Å². The predicted molar refractivity (Wildman–Crippen MR) is 79.8 cm³/mol. The van der Waals surface area contributed by atoms with E-state index in [0.29, 0.717) is 6.61 Å². The van der Waals surface area contributed by atoms with Crippen molar-refractivity contribution in [2.75, 3.05) is 6.61 Å². The fourth-order valence-corrected chi connectivity index (χ4v) is 1.70. The number of hydrogen-bond acceptors (Lipinski definition) is 2. The number of carboxylic acid groups (broad SMARTS) is 1. The van der Waals surface area contributed by atoms with E-state index in [4.69, 9.17) is 9.84 Å². The minimum atomic E-state index is -0.846. The molecule has 1 atom stereocenters. The van der Waals surface area contributed by atoms with Gasteiger partial charge in [0.1, 0.15) is 12.4 Å². The lowest BCUT2D eigenvalue weighted by Gasteiger charge is -2.10. The molecule has 0 unspecified atom stereocenters. The molecule has 0 fully saturated rings. The van der Waals surface area contributed by atoms with Crippen LogP contribution < -0.4 is 4.74 Å². The Kier molecular flexibility index (Phi) is 6.39. The average Bonchev–Trinajstić information content (AvgIpc) is 2.38. The van der Waals surface area contributed by atoms with Crippen molar-refractivity contribution in [2.24, 2.45) is 0 Å². The van der Waals surface area contributed by atoms with E-state index in [-0.39, 0.29) is 12.3 Å². The van der Waals surface area contributed by atoms with E-state index in [1.807, 2.05) is 44.2 Å². The molecule has 0 aromatic heterocycles. The monoisotopic (exact) mass is 272 g/mol. The zero-order chi connectivity index (χ0) is 15.0. The second-order valence-corrected chi connectivity index (χ2v) is 4.71. The minimum Gasteiger partial charge on any atom is -0.490 e. The van der Waals surface area contributed by atoms with Crippen LogP contribution >= 0.6 is 0 Å². The summed E-state index contributed by atoms with van der Waals surface area (Å²) in [6.07, 6.45) is 2.02. The first-order valence-corrected chi connectivity index (χ1v) is 6.53. The molecule has 0 aliphatic rings. The number of benzene rings is 1. The van der Waals surface area contributed by atoms with Crippen LogP contribution in [0.5, 0.6) is 5.75 Å². The van der Waals surface area contributed by atoms with Gasteiger partial charge in [-0.05, 0) is 44.5 Å². The highest BCUT2D eigenvalue weighted by Crippen LogP contribution is 2.22. The van der Waals surface area contributed by atoms with E-state index in [1.165, 1.54) is 5.57 Å². The summed E-state index contributed by atoms with van der Waals surface area (Å²) in [5.74, 6) is 5.36. The van der Waals surface area contributed by atoms with Gasteiger partial charge in [0.15, 0.2) is 0 Å². The molecule has 106 valence electrons. The fourth-order valence-electron chi connectivity index (χ4n) is 1.70. The Labute approximate surface area is 120 Å². The topological polar surface area (TPSA) is 46.5 Å². The van der Waals surface area contributed by atoms with Crippen LogP contribution in [0.25, 0.3) is 0 Å². The van der Waals surface area contributed by atoms with Crippen molar-refractivity contribution in [3.8, 4) is 17.6 Å². The Balaban J connectivity index is 2.74. The maximum atomic E-state index is 10.8. The van der Waals surface area contributed by atoms with Crippen LogP contribution in [0, 0.1) is 11.8 Å². The molecule has 1 aromatic carbocycles. The Bertz CT molecular complexity index is 526. The van der Waals surface area contributed by atoms with Gasteiger partial charge in [0.25, 0.3) is 0 Å². The molecule has 3 heteroatoms. The van der Waals surface area contributed by atoms with Crippen LogP contribution in [0.4, 0.5) is 0 Å². The lowest BCUT2D eigenvalue weighted by atomic mass is 9.96. The summed E-state index contributed by atoms with van der Waals surface area (Å²) in [6.45, 7) is 6.29. The lowest BCUT2D eigenvalue weighted by Crippen LogP contribution is -2.04. The highest BCUT2D eigenvalue weighted by Gasteiger charge is 2.12. The van der Waals surface area contributed by atoms with Crippen LogP contribution in [0.2, 0.25) is 0 Å². The summed E-state index contributed by atoms with van der Waals surface area (Å²) in [4.78, 5) is 10.8. The first kappa shape index (κ1) is 15.8. The number of hydrogen-bond donors (Lipinski definition) is 1. The Morgan fingerprint density at radius 1 is 1.35 bits per heavy atom. The molecule has 0 saturated carbocycles. The van der Waals surface area contributed by atoms with Gasteiger partial charge in [0.05, 0.1) is 12.3 Å². The highest BCUT2D eigenvalue weighted by atomic mass is 16.5. The maximum absolute atomic E-state index is 10.8. The molecule has 1 aromatic rings. The van der Waals surface area contributed by atoms with Crippen LogP contribution in [-0.4, -0.2) is 17.7 Å². The average molecular weight is 272 g/mol. The third kappa shape index (κ3) is 5.62. The Morgan fingerprint density at radius 2 is 2.00 bits per heavy atom. The molecule has 0 heterocycles. The quantitative estimate of drug-likeness (QED) is 0.635. The molecule has 0 spiro atoms. The molecule has 0 radical (unpaired) electrons. The van der Waals surface area contributed by atoms with Gasteiger partial charge in [0.2, 0.25) is 0 Å². The first-order valence-electron chi connectivity index (χ1n) is 6.53. The standard InChI is InChI=1S/C17H20O3/c1-4-5-15(12-17(18)19)14-6-8-16(9-7-14)20-11-10-13(2)3/h6-10,15H,11-12H2,1-3H3,(H,18,19)/t15-/m0/s1. The van der Waals surface area contributed by atoms with Gasteiger partial charge < -0.3 is 9.84 Å². The molecule has 0 bridgehead atoms. The maximum Gasteiger partial charge on any atom is 0.304 e. The van der Waals surface area contributed by atoms with Gasteiger partial charge in [-0.2, -0.15) is 0 Å². The summed E-state index contributed by atoms with van der Waals surface area (Å²) >= 11 is 0. The van der Waals surface area contributed by atoms with Crippen molar-refractivity contribution in [2.45, 2.75) is 33.1 Å². The van der Waals surface area contributed by atoms with E-state index in [9.17, 15) is 4.79 Å². The Hall–Kier alpha value is -2.21. The first-order chi connectivity index (χ1) is 9.52. The smallest absolute Gasteiger partial charge is 0.304 e. The largest absolute Gasteiger partial charge is 0.490 e. The third-order valence-electron chi connectivity index (χ3n) is 2.72. The highest BCUT2D eigenvalue weighted by molar-refractivity contribution is 5.69. The van der Waals surface area contributed by atoms with Crippen molar-refractivity contribution in [1.29, 1.82) is 0 Å². The zero-order valence-electron chi connectivity index (χ0n) is 12.1. The van der Waals surface area contributed by atoms with Crippen molar-refractivity contribution >= 4 is 5.97 Å². The molecule has 0 amide bonds. The van der Waals surface area contributed by atoms with E-state index in [0.717, 1.165) is 11.3 Å². The van der Waals surface area contributed by atoms with Crippen LogP contribution in [0.15, 0.2) is 35.9 Å². The van der Waals surface area contributed by atoms with Crippen LogP contribution in [0.1, 0.15) is 38.7 Å². The molecule has 1 rings (SSSR count). The molecule has 0 saturated heterocycles. The number of allylic oxidation sites excluding steroid dienone is 1. The van der Waals surface area contributed by atoms with Crippen LogP contribution in [-0.2, 0) is 4.79 Å². The van der Waals surface area contributed by atoms with Gasteiger partial charge in [0, 0.05) is 0 Å². The second-order valence-electron chi connectivity index (χ2n) is 4.71. The predicted octanol–water partition coefficient (Wildman–Crippen LogP) is 3.61. The number of aliphatic carboxylic acids is 1. The summed E-state index contributed by atoms with van der Waals surface area (Å²) in [6, 6.07) is 7.44. The summed E-state index contributed by atoms with van der Waals surface area (Å²) in [7, 11) is 0. The van der Waals surface area contributed by atoms with E-state index in [2.05, 4.69) is 11.8 Å². The van der Waals surface area contributed by atoms with Gasteiger partial charge >= 0.3 is 5.97 Å². The minimum absolute atomic E-state index is 0.0127. The molecule has 3 nitrogen and oxygen atoms in total. The SMILES string of the molecule is CC#C[C@@H](CC(=O)O)c1ccc(OCC=C(C)C)cc1. The van der Waals surface area contributed by atoms with Crippen molar-refractivity contribution in [3.63, 3.8) is 0 Å². The summed E-state index contributed by atoms with van der Waals surface area (Å²) in [5.41, 5.74) is 2.11. The molecular weight excluding hydrogens is 252 g/mol. The van der Waals surface area contributed by atoms with Gasteiger partial charge in [-0.3, -0.25) is 4.79 Å². The fraction of sp³-hybridized carbons (Fsp3) is 0.353. The van der Waals surface area contributed by atoms with Gasteiger partial charge in [-0.1, -0.05) is 23.6 Å². The number of rotatable bonds is 6. The number of carbonyl (C=O) groups is 1. The summed E-state index contributed by atoms with van der Waals surface area (Å²) in [5, 5.41) is 8.90. The molecule has 0 aliphatic carbocycles. The van der Waals surface area contributed by atoms with Gasteiger partial charge in [-0.25, -0.2) is 0 Å². The van der Waals surface area contributed by atoms with Crippen molar-refractivity contribution < 1.29 is 14.6 Å². The third-order valence-corrected chi connectivity index (χ3v) is 2.72. The molecule has 0 aliphatic heterocycles. The second kappa shape index (κ2) is 8.06. The van der Waals surface area contributed by atoms with E-state index < -0.39 is 5.97 Å².